The fourth-order valence-electron chi connectivity index (χ4n) is 5.17. The van der Waals surface area contributed by atoms with Gasteiger partial charge in [0.15, 0.2) is 0 Å². The highest BCUT2D eigenvalue weighted by Crippen LogP contribution is 2.51. The van der Waals surface area contributed by atoms with Crippen LogP contribution in [0.25, 0.3) is 0 Å². The van der Waals surface area contributed by atoms with Crippen molar-refractivity contribution < 1.29 is 17.9 Å². The van der Waals surface area contributed by atoms with Crippen molar-refractivity contribution in [2.45, 2.75) is 70.0 Å². The lowest BCUT2D eigenvalue weighted by Gasteiger charge is -2.47. The smallest absolute Gasteiger partial charge is 0.214 e. The molecule has 5 fully saturated rings. The summed E-state index contributed by atoms with van der Waals surface area (Å²) in [7, 11) is -3.13. The van der Waals surface area contributed by atoms with E-state index < -0.39 is 10.0 Å². The molecular formula is C18H31NO4S. The highest BCUT2D eigenvalue weighted by atomic mass is 32.2. The molecule has 1 atom stereocenters. The summed E-state index contributed by atoms with van der Waals surface area (Å²) in [6.45, 7) is 2.74. The van der Waals surface area contributed by atoms with Crippen molar-refractivity contribution >= 4 is 10.0 Å². The van der Waals surface area contributed by atoms with E-state index in [1.54, 1.807) is 4.31 Å². The van der Waals surface area contributed by atoms with Gasteiger partial charge < -0.3 is 9.47 Å². The summed E-state index contributed by atoms with van der Waals surface area (Å²) in [6, 6.07) is 0. The first-order valence-electron chi connectivity index (χ1n) is 9.76. The first-order valence-corrected chi connectivity index (χ1v) is 11.4. The van der Waals surface area contributed by atoms with Gasteiger partial charge in [0, 0.05) is 19.7 Å². The van der Waals surface area contributed by atoms with Gasteiger partial charge in [-0.3, -0.25) is 0 Å². The lowest BCUT2D eigenvalue weighted by Crippen LogP contribution is -2.47. The van der Waals surface area contributed by atoms with Gasteiger partial charge in [0.25, 0.3) is 0 Å². The molecule has 24 heavy (non-hydrogen) atoms. The van der Waals surface area contributed by atoms with Gasteiger partial charge in [0.05, 0.1) is 24.6 Å². The van der Waals surface area contributed by atoms with E-state index in [-0.39, 0.29) is 17.6 Å². The van der Waals surface area contributed by atoms with Crippen LogP contribution in [-0.4, -0.2) is 57.0 Å². The van der Waals surface area contributed by atoms with Gasteiger partial charge in [-0.15, -0.1) is 0 Å². The van der Waals surface area contributed by atoms with Crippen LogP contribution in [0, 0.1) is 11.3 Å². The number of piperidine rings is 1. The predicted molar refractivity (Wildman–Crippen MR) is 92.3 cm³/mol. The molecule has 2 aliphatic heterocycles. The van der Waals surface area contributed by atoms with Crippen LogP contribution in [0.2, 0.25) is 0 Å². The Morgan fingerprint density at radius 3 is 2.21 bits per heavy atom. The van der Waals surface area contributed by atoms with Crippen molar-refractivity contribution in [1.82, 2.24) is 4.31 Å². The summed E-state index contributed by atoms with van der Waals surface area (Å²) in [5, 5.41) is 0. The molecule has 0 amide bonds. The van der Waals surface area contributed by atoms with Gasteiger partial charge in [-0.2, -0.15) is 0 Å². The molecule has 0 aromatic carbocycles. The molecule has 0 spiro atoms. The minimum Gasteiger partial charge on any atom is -0.379 e. The molecule has 5 aliphatic rings. The van der Waals surface area contributed by atoms with Gasteiger partial charge in [-0.05, 0) is 69.1 Å². The molecule has 0 radical (unpaired) electrons. The third-order valence-corrected chi connectivity index (χ3v) is 8.93. The summed E-state index contributed by atoms with van der Waals surface area (Å²) in [4.78, 5) is 0. The summed E-state index contributed by atoms with van der Waals surface area (Å²) >= 11 is 0. The molecule has 0 aromatic heterocycles. The van der Waals surface area contributed by atoms with Crippen molar-refractivity contribution in [3.63, 3.8) is 0 Å². The van der Waals surface area contributed by atoms with Crippen LogP contribution < -0.4 is 0 Å². The van der Waals surface area contributed by atoms with E-state index in [4.69, 9.17) is 9.47 Å². The fourth-order valence-corrected chi connectivity index (χ4v) is 7.33. The molecule has 2 saturated heterocycles. The molecule has 5 nitrogen and oxygen atoms in total. The summed E-state index contributed by atoms with van der Waals surface area (Å²) in [5.74, 6) is 1.26. The second-order valence-corrected chi connectivity index (χ2v) is 10.4. The average molecular weight is 358 g/mol. The van der Waals surface area contributed by atoms with E-state index in [0.717, 1.165) is 51.0 Å². The molecule has 5 rings (SSSR count). The van der Waals surface area contributed by atoms with Crippen LogP contribution in [0.1, 0.15) is 57.8 Å². The molecule has 138 valence electrons. The maximum Gasteiger partial charge on any atom is 0.214 e. The van der Waals surface area contributed by atoms with Crippen LogP contribution >= 0.6 is 0 Å². The lowest BCUT2D eigenvalue weighted by molar-refractivity contribution is -0.0360. The second kappa shape index (κ2) is 6.86. The van der Waals surface area contributed by atoms with Crippen LogP contribution in [0.3, 0.4) is 0 Å². The maximum absolute atomic E-state index is 13.0. The SMILES string of the molecule is O=S(=O)(CC12CCC(CC1)CC2)N1CCC(OC2CCOC2)CC1. The lowest BCUT2D eigenvalue weighted by atomic mass is 9.62. The van der Waals surface area contributed by atoms with Crippen molar-refractivity contribution in [2.75, 3.05) is 32.1 Å². The first-order chi connectivity index (χ1) is 11.5. The third kappa shape index (κ3) is 3.67. The summed E-state index contributed by atoms with van der Waals surface area (Å²) < 4.78 is 39.1. The monoisotopic (exact) mass is 357 g/mol. The van der Waals surface area contributed by atoms with Crippen LogP contribution in [-0.2, 0) is 19.5 Å². The van der Waals surface area contributed by atoms with E-state index in [0.29, 0.717) is 25.4 Å². The van der Waals surface area contributed by atoms with Crippen molar-refractivity contribution in [3.8, 4) is 0 Å². The molecule has 1 unspecified atom stereocenters. The largest absolute Gasteiger partial charge is 0.379 e. The van der Waals surface area contributed by atoms with Crippen LogP contribution in [0.5, 0.6) is 0 Å². The number of hydrogen-bond donors (Lipinski definition) is 0. The van der Waals surface area contributed by atoms with Crippen molar-refractivity contribution in [3.05, 3.63) is 0 Å². The van der Waals surface area contributed by atoms with Gasteiger partial charge >= 0.3 is 0 Å². The zero-order chi connectivity index (χ0) is 16.6. The van der Waals surface area contributed by atoms with E-state index in [2.05, 4.69) is 0 Å². The van der Waals surface area contributed by atoms with Crippen molar-refractivity contribution in [1.29, 1.82) is 0 Å². The standard InChI is InChI=1S/C18H31NO4S/c20-24(21,14-18-7-1-15(2-8-18)3-9-18)19-10-4-16(5-11-19)23-17-6-12-22-13-17/h15-17H,1-14H2. The first kappa shape index (κ1) is 17.3. The topological polar surface area (TPSA) is 55.8 Å². The Labute approximate surface area is 146 Å². The third-order valence-electron chi connectivity index (χ3n) is 6.80. The van der Waals surface area contributed by atoms with E-state index in [9.17, 15) is 8.42 Å². The molecule has 2 heterocycles. The van der Waals surface area contributed by atoms with Crippen LogP contribution in [0.15, 0.2) is 0 Å². The molecule has 3 aliphatic carbocycles. The van der Waals surface area contributed by atoms with Gasteiger partial charge in [0.1, 0.15) is 0 Å². The Morgan fingerprint density at radius 1 is 0.958 bits per heavy atom. The minimum absolute atomic E-state index is 0.0854. The Morgan fingerprint density at radius 2 is 1.62 bits per heavy atom. The van der Waals surface area contributed by atoms with E-state index in [1.165, 1.54) is 19.3 Å². The Bertz CT molecular complexity index is 513. The van der Waals surface area contributed by atoms with Crippen LogP contribution in [0.4, 0.5) is 0 Å². The number of rotatable bonds is 5. The normalized spacial score (nSPS) is 38.7. The molecular weight excluding hydrogens is 326 g/mol. The Hall–Kier alpha value is -0.170. The minimum atomic E-state index is -3.13. The number of nitrogens with zero attached hydrogens (tertiary/aromatic N) is 1. The maximum atomic E-state index is 13.0. The number of sulfonamides is 1. The fraction of sp³-hybridized carbons (Fsp3) is 1.00. The number of ether oxygens (including phenoxy) is 2. The van der Waals surface area contributed by atoms with Gasteiger partial charge in [-0.1, -0.05) is 0 Å². The second-order valence-electron chi connectivity index (χ2n) is 8.46. The number of fused-ring (bicyclic) bond motifs is 3. The molecule has 0 N–H and O–H groups in total. The Kier molecular flexibility index (Phi) is 4.93. The Balaban J connectivity index is 1.30. The van der Waals surface area contributed by atoms with Gasteiger partial charge in [0.2, 0.25) is 10.0 Å². The molecule has 0 aromatic rings. The molecule has 2 bridgehead atoms. The highest BCUT2D eigenvalue weighted by molar-refractivity contribution is 7.89. The predicted octanol–water partition coefficient (Wildman–Crippen LogP) is 2.56. The molecule has 3 saturated carbocycles. The number of hydrogen-bond acceptors (Lipinski definition) is 4. The zero-order valence-electron chi connectivity index (χ0n) is 14.6. The highest BCUT2D eigenvalue weighted by Gasteiger charge is 2.44. The van der Waals surface area contributed by atoms with Gasteiger partial charge in [-0.25, -0.2) is 12.7 Å². The quantitative estimate of drug-likeness (QED) is 0.759. The van der Waals surface area contributed by atoms with E-state index in [1.807, 2.05) is 0 Å². The summed E-state index contributed by atoms with van der Waals surface area (Å²) in [6.07, 6.45) is 10.1. The average Bonchev–Trinajstić information content (AvgIpc) is 3.09. The molecule has 6 heteroatoms. The van der Waals surface area contributed by atoms with Crippen molar-refractivity contribution in [2.24, 2.45) is 11.3 Å². The van der Waals surface area contributed by atoms with E-state index >= 15 is 0 Å². The zero-order valence-corrected chi connectivity index (χ0v) is 15.4. The summed E-state index contributed by atoms with van der Waals surface area (Å²) in [5.41, 5.74) is 0.0854.